The van der Waals surface area contributed by atoms with Gasteiger partial charge in [-0.3, -0.25) is 19.3 Å². The van der Waals surface area contributed by atoms with E-state index >= 15 is 0 Å². The van der Waals surface area contributed by atoms with Crippen LogP contribution in [0.4, 0.5) is 0 Å². The van der Waals surface area contributed by atoms with E-state index in [2.05, 4.69) is 66.4 Å². The number of likely N-dealkylation sites (N-methyl/N-ethyl adjacent to an activating group) is 1. The van der Waals surface area contributed by atoms with Crippen LogP contribution in [0.5, 0.6) is 0 Å². The van der Waals surface area contributed by atoms with Crippen molar-refractivity contribution in [2.75, 3.05) is 13.1 Å². The number of hydrogen-bond acceptors (Lipinski definition) is 6. The van der Waals surface area contributed by atoms with Crippen molar-refractivity contribution < 1.29 is 29.3 Å². The summed E-state index contributed by atoms with van der Waals surface area (Å²) >= 11 is 6.58. The number of rotatable bonds is 11. The van der Waals surface area contributed by atoms with Crippen LogP contribution in [-0.2, 0) is 25.7 Å². The van der Waals surface area contributed by atoms with Gasteiger partial charge in [-0.2, -0.15) is 0 Å². The van der Waals surface area contributed by atoms with E-state index in [4.69, 9.17) is 16.3 Å². The van der Waals surface area contributed by atoms with Gasteiger partial charge in [0.2, 0.25) is 0 Å². The molecule has 0 unspecified atom stereocenters. The summed E-state index contributed by atoms with van der Waals surface area (Å²) in [6.07, 6.45) is 7.16. The zero-order valence-corrected chi connectivity index (χ0v) is 35.6. The van der Waals surface area contributed by atoms with E-state index in [0.717, 1.165) is 74.1 Å². The van der Waals surface area contributed by atoms with Crippen molar-refractivity contribution in [3.05, 3.63) is 46.0 Å². The minimum atomic E-state index is -1.17. The molecule has 0 spiro atoms. The number of carboxylic acid groups (broad SMARTS) is 1. The Morgan fingerprint density at radius 3 is 2.28 bits per heavy atom. The lowest BCUT2D eigenvalue weighted by atomic mass is 9.33. The zero-order valence-electron chi connectivity index (χ0n) is 34.8. The molecule has 2 N–H and O–H groups in total. The smallest absolute Gasteiger partial charge is 0.309 e. The fraction of sp³-hybridized carbons (Fsp3) is 0.761. The van der Waals surface area contributed by atoms with Gasteiger partial charge in [0, 0.05) is 35.4 Å². The van der Waals surface area contributed by atoms with Crippen molar-refractivity contribution in [3.8, 4) is 0 Å². The van der Waals surface area contributed by atoms with Crippen molar-refractivity contribution in [2.24, 2.45) is 56.2 Å². The molecular formula is C46H68ClNO6. The normalized spacial score (nSPS) is 36.7. The lowest BCUT2D eigenvalue weighted by Gasteiger charge is -2.72. The number of allylic oxidation sites excluding steroid dienone is 1. The fourth-order valence-corrected chi connectivity index (χ4v) is 13.7. The van der Waals surface area contributed by atoms with Gasteiger partial charge in [0.15, 0.2) is 5.78 Å². The Kier molecular flexibility index (Phi) is 11.0. The highest BCUT2D eigenvalue weighted by Crippen LogP contribution is 2.77. The first-order valence-electron chi connectivity index (χ1n) is 20.9. The Morgan fingerprint density at radius 1 is 0.963 bits per heavy atom. The largest absolute Gasteiger partial charge is 0.481 e. The molecule has 5 aliphatic carbocycles. The number of carboxylic acids is 1. The van der Waals surface area contributed by atoms with Crippen LogP contribution < -0.4 is 0 Å². The molecule has 0 aliphatic heterocycles. The number of Topliss-reactive ketones (excluding diaryl/α,β-unsaturated/α-hetero) is 1. The number of carbonyl (C=O) groups excluding carboxylic acids is 2. The molecular weight excluding hydrogens is 698 g/mol. The third kappa shape index (κ3) is 6.42. The van der Waals surface area contributed by atoms with Gasteiger partial charge in [-0.15, -0.1) is 0 Å². The molecule has 0 bridgehead atoms. The summed E-state index contributed by atoms with van der Waals surface area (Å²) in [5, 5.41) is 22.8. The van der Waals surface area contributed by atoms with E-state index in [9.17, 15) is 24.6 Å². The summed E-state index contributed by atoms with van der Waals surface area (Å²) in [5.74, 6) is 0.0214. The van der Waals surface area contributed by atoms with Gasteiger partial charge in [-0.25, -0.2) is 0 Å². The van der Waals surface area contributed by atoms with Gasteiger partial charge in [0.1, 0.15) is 6.10 Å². The number of esters is 1. The second-order valence-electron chi connectivity index (χ2n) is 20.5. The Labute approximate surface area is 330 Å². The number of benzene rings is 1. The third-order valence-corrected chi connectivity index (χ3v) is 17.1. The van der Waals surface area contributed by atoms with Crippen molar-refractivity contribution in [1.29, 1.82) is 0 Å². The van der Waals surface area contributed by atoms with Crippen molar-refractivity contribution >= 4 is 29.3 Å². The first-order valence-corrected chi connectivity index (χ1v) is 21.3. The standard InChI is InChI=1S/C46H68ClNO6/c1-11-48(26-29-14-12-13-15-31(29)47)27-35(50)46-23-22-44(9)30(39(46)38(28(2)3)32(49)24-46)16-17-34-43(8)20-19-36(54-37(51)25-41(4,5)40(52)53)42(6,7)33(43)18-21-45(34,44)10/h12-15,28,30,33-36,50H,11,16-27H2,1-10H3,(H,52,53)/t30-,33+,34-,35+,36+,43+,44-,45-,46-/m1/s1. The molecule has 8 heteroatoms. The molecule has 0 saturated heterocycles. The molecule has 9 atom stereocenters. The van der Waals surface area contributed by atoms with Crippen LogP contribution in [0.1, 0.15) is 139 Å². The number of halogens is 1. The van der Waals surface area contributed by atoms with E-state index in [1.54, 1.807) is 13.8 Å². The molecule has 0 amide bonds. The molecule has 6 rings (SSSR count). The van der Waals surface area contributed by atoms with Gasteiger partial charge >= 0.3 is 11.9 Å². The lowest BCUT2D eigenvalue weighted by molar-refractivity contribution is -0.235. The monoisotopic (exact) mass is 765 g/mol. The van der Waals surface area contributed by atoms with Gasteiger partial charge in [-0.05, 0) is 129 Å². The maximum absolute atomic E-state index is 14.2. The molecule has 7 nitrogen and oxygen atoms in total. The summed E-state index contributed by atoms with van der Waals surface area (Å²) in [6.45, 7) is 23.7. The van der Waals surface area contributed by atoms with E-state index in [1.807, 2.05) is 18.2 Å². The van der Waals surface area contributed by atoms with Crippen LogP contribution >= 0.6 is 11.6 Å². The molecule has 4 fully saturated rings. The maximum atomic E-state index is 14.2. The maximum Gasteiger partial charge on any atom is 0.309 e. The van der Waals surface area contributed by atoms with Crippen molar-refractivity contribution in [2.45, 2.75) is 152 Å². The minimum Gasteiger partial charge on any atom is -0.481 e. The van der Waals surface area contributed by atoms with E-state index in [-0.39, 0.29) is 51.8 Å². The molecule has 5 aliphatic rings. The number of nitrogens with zero attached hydrogens (tertiary/aromatic N) is 1. The average Bonchev–Trinajstić information content (AvgIpc) is 3.40. The summed E-state index contributed by atoms with van der Waals surface area (Å²) < 4.78 is 6.18. The lowest BCUT2D eigenvalue weighted by Crippen LogP contribution is -2.66. The van der Waals surface area contributed by atoms with E-state index in [1.165, 1.54) is 5.57 Å². The number of aliphatic hydroxyl groups is 1. The van der Waals surface area contributed by atoms with Crippen LogP contribution in [0, 0.1) is 56.2 Å². The second-order valence-corrected chi connectivity index (χ2v) is 20.9. The molecule has 1 aromatic rings. The fourth-order valence-electron chi connectivity index (χ4n) is 13.5. The van der Waals surface area contributed by atoms with Gasteiger partial charge in [-0.1, -0.05) is 90.8 Å². The summed E-state index contributed by atoms with van der Waals surface area (Å²) in [5.41, 5.74) is 1.47. The number of fused-ring (bicyclic) bond motifs is 7. The van der Waals surface area contributed by atoms with Crippen LogP contribution in [0.25, 0.3) is 0 Å². The second kappa shape index (κ2) is 14.3. The number of aliphatic hydroxyl groups excluding tert-OH is 1. The quantitative estimate of drug-likeness (QED) is 0.216. The van der Waals surface area contributed by atoms with E-state index < -0.39 is 28.9 Å². The minimum absolute atomic E-state index is 0.0227. The Morgan fingerprint density at radius 2 is 1.65 bits per heavy atom. The van der Waals surface area contributed by atoms with Gasteiger partial charge < -0.3 is 14.9 Å². The number of ether oxygens (including phenoxy) is 1. The Bertz CT molecular complexity index is 1680. The first-order chi connectivity index (χ1) is 25.1. The molecule has 1 aromatic carbocycles. The highest BCUT2D eigenvalue weighted by atomic mass is 35.5. The molecule has 300 valence electrons. The topological polar surface area (TPSA) is 104 Å². The SMILES string of the molecule is CCN(Cc1ccccc1Cl)C[C@H](O)[C@]12CC[C@]3(C)[C@H](CC[C@@H]4[C@@]5(C)CC[C@H](OC(=O)CC(C)(C)C(=O)O)C(C)(C)[C@@H]5CC[C@]43C)C1=C(C(C)C)C(=O)C2. The van der Waals surface area contributed by atoms with Gasteiger partial charge in [0.05, 0.1) is 17.9 Å². The van der Waals surface area contributed by atoms with E-state index in [0.29, 0.717) is 31.3 Å². The molecule has 0 heterocycles. The average molecular weight is 767 g/mol. The first kappa shape index (κ1) is 41.4. The summed E-state index contributed by atoms with van der Waals surface area (Å²) in [6, 6.07) is 7.93. The highest BCUT2D eigenvalue weighted by Gasteiger charge is 2.70. The third-order valence-electron chi connectivity index (χ3n) is 16.7. The van der Waals surface area contributed by atoms with Gasteiger partial charge in [0.25, 0.3) is 0 Å². The Hall–Kier alpha value is -2.22. The predicted octanol–water partition coefficient (Wildman–Crippen LogP) is 9.92. The van der Waals surface area contributed by atoms with Crippen LogP contribution in [0.3, 0.4) is 0 Å². The van der Waals surface area contributed by atoms with Crippen LogP contribution in [0.2, 0.25) is 5.02 Å². The highest BCUT2D eigenvalue weighted by molar-refractivity contribution is 6.31. The van der Waals surface area contributed by atoms with Crippen LogP contribution in [0.15, 0.2) is 35.4 Å². The summed E-state index contributed by atoms with van der Waals surface area (Å²) in [4.78, 5) is 41.4. The molecule has 54 heavy (non-hydrogen) atoms. The molecule has 4 saturated carbocycles. The molecule has 0 aromatic heterocycles. The van der Waals surface area contributed by atoms with Crippen molar-refractivity contribution in [1.82, 2.24) is 4.90 Å². The number of aliphatic carboxylic acids is 1. The van der Waals surface area contributed by atoms with Crippen molar-refractivity contribution in [3.63, 3.8) is 0 Å². The zero-order chi connectivity index (χ0) is 39.8. The molecule has 0 radical (unpaired) electrons. The van der Waals surface area contributed by atoms with Crippen LogP contribution in [-0.4, -0.2) is 58.1 Å². The summed E-state index contributed by atoms with van der Waals surface area (Å²) in [7, 11) is 0. The Balaban J connectivity index is 1.28. The number of hydrogen-bond donors (Lipinski definition) is 2. The number of carbonyl (C=O) groups is 3. The predicted molar refractivity (Wildman–Crippen MR) is 214 cm³/mol. The number of ketones is 1.